The predicted octanol–water partition coefficient (Wildman–Crippen LogP) is 6.88. The lowest BCUT2D eigenvalue weighted by molar-refractivity contribution is -0.140. The molecule has 7 nitrogen and oxygen atoms in total. The number of benzene rings is 4. The topological polar surface area (TPSA) is 86.8 Å². The summed E-state index contributed by atoms with van der Waals surface area (Å²) in [6.07, 6.45) is 0.146. The van der Waals surface area contributed by atoms with E-state index in [0.29, 0.717) is 10.6 Å². The monoisotopic (exact) mass is 669 g/mol. The Morgan fingerprint density at radius 2 is 1.44 bits per heavy atom. The minimum Gasteiger partial charge on any atom is -0.350 e. The van der Waals surface area contributed by atoms with Crippen molar-refractivity contribution in [2.75, 3.05) is 10.8 Å². The molecular weight excluding hydrogens is 636 g/mol. The maximum absolute atomic E-state index is 14.5. The summed E-state index contributed by atoms with van der Waals surface area (Å²) in [4.78, 5) is 29.6. The maximum Gasteiger partial charge on any atom is 0.264 e. The summed E-state index contributed by atoms with van der Waals surface area (Å²) in [5.41, 5.74) is 0.715. The quantitative estimate of drug-likeness (QED) is 0.189. The molecule has 0 saturated heterocycles. The highest BCUT2D eigenvalue weighted by Gasteiger charge is 2.36. The number of sulfonamides is 1. The van der Waals surface area contributed by atoms with Gasteiger partial charge in [0.25, 0.3) is 10.0 Å². The van der Waals surface area contributed by atoms with Crippen molar-refractivity contribution in [3.05, 3.63) is 130 Å². The SMILES string of the molecule is CC(C)(C)NC(=O)[C@H](Cc1ccccc1)N(Cc1ccccc1Cl)C(=O)CN(c1ccc(F)c(Cl)c1)S(=O)(=O)c1ccccc1. The van der Waals surface area contributed by atoms with E-state index in [-0.39, 0.29) is 28.6 Å². The molecular formula is C34H34Cl2FN3O4S. The van der Waals surface area contributed by atoms with E-state index in [0.717, 1.165) is 22.0 Å². The molecule has 0 spiro atoms. The molecule has 0 aromatic heterocycles. The summed E-state index contributed by atoms with van der Waals surface area (Å²) in [7, 11) is -4.35. The number of anilines is 1. The van der Waals surface area contributed by atoms with Gasteiger partial charge in [-0.2, -0.15) is 0 Å². The van der Waals surface area contributed by atoms with Crippen LogP contribution in [-0.2, 0) is 32.6 Å². The molecule has 0 aliphatic carbocycles. The maximum atomic E-state index is 14.5. The van der Waals surface area contributed by atoms with Crippen molar-refractivity contribution in [1.29, 1.82) is 0 Å². The molecule has 236 valence electrons. The number of carbonyl (C=O) groups is 2. The minimum absolute atomic E-state index is 0.0185. The highest BCUT2D eigenvalue weighted by molar-refractivity contribution is 7.92. The van der Waals surface area contributed by atoms with Crippen LogP contribution in [-0.4, -0.2) is 43.3 Å². The number of amides is 2. The number of rotatable bonds is 11. The van der Waals surface area contributed by atoms with Crippen molar-refractivity contribution < 1.29 is 22.4 Å². The van der Waals surface area contributed by atoms with Crippen LogP contribution in [0.2, 0.25) is 10.0 Å². The molecule has 0 unspecified atom stereocenters. The van der Waals surface area contributed by atoms with E-state index in [1.807, 2.05) is 51.1 Å². The molecule has 45 heavy (non-hydrogen) atoms. The van der Waals surface area contributed by atoms with Gasteiger partial charge in [0.2, 0.25) is 11.8 Å². The summed E-state index contributed by atoms with van der Waals surface area (Å²) in [5.74, 6) is -1.85. The van der Waals surface area contributed by atoms with E-state index in [2.05, 4.69) is 5.32 Å². The molecule has 0 heterocycles. The van der Waals surface area contributed by atoms with Gasteiger partial charge in [0.05, 0.1) is 15.6 Å². The largest absolute Gasteiger partial charge is 0.350 e. The van der Waals surface area contributed by atoms with Crippen molar-refractivity contribution in [2.24, 2.45) is 0 Å². The van der Waals surface area contributed by atoms with Crippen LogP contribution in [0.25, 0.3) is 0 Å². The number of halogens is 3. The Kier molecular flexibility index (Phi) is 10.9. The van der Waals surface area contributed by atoms with Crippen LogP contribution in [0.4, 0.5) is 10.1 Å². The van der Waals surface area contributed by atoms with Crippen LogP contribution in [0.3, 0.4) is 0 Å². The van der Waals surface area contributed by atoms with E-state index < -0.39 is 45.8 Å². The molecule has 0 radical (unpaired) electrons. The van der Waals surface area contributed by atoms with Gasteiger partial charge in [-0.1, -0.05) is 89.9 Å². The smallest absolute Gasteiger partial charge is 0.264 e. The fraction of sp³-hybridized carbons (Fsp3) is 0.235. The first kappa shape index (κ1) is 34.0. The molecule has 0 aliphatic heterocycles. The van der Waals surface area contributed by atoms with Gasteiger partial charge in [0, 0.05) is 23.5 Å². The van der Waals surface area contributed by atoms with Crippen LogP contribution in [0, 0.1) is 5.82 Å². The lowest BCUT2D eigenvalue weighted by atomic mass is 10.0. The summed E-state index contributed by atoms with van der Waals surface area (Å²) in [5, 5.41) is 3.04. The summed E-state index contributed by atoms with van der Waals surface area (Å²) in [6, 6.07) is 26.1. The number of nitrogens with zero attached hydrogens (tertiary/aromatic N) is 2. The second-order valence-corrected chi connectivity index (χ2v) is 14.2. The zero-order chi connectivity index (χ0) is 32.8. The summed E-state index contributed by atoms with van der Waals surface area (Å²) >= 11 is 12.6. The van der Waals surface area contributed by atoms with Crippen LogP contribution in [0.1, 0.15) is 31.9 Å². The van der Waals surface area contributed by atoms with Crippen molar-refractivity contribution in [3.8, 4) is 0 Å². The highest BCUT2D eigenvalue weighted by atomic mass is 35.5. The predicted molar refractivity (Wildman–Crippen MR) is 176 cm³/mol. The molecule has 4 rings (SSSR count). The first-order valence-corrected chi connectivity index (χ1v) is 16.4. The Labute approximate surface area is 273 Å². The van der Waals surface area contributed by atoms with Crippen molar-refractivity contribution in [1.82, 2.24) is 10.2 Å². The zero-order valence-corrected chi connectivity index (χ0v) is 27.4. The fourth-order valence-corrected chi connectivity index (χ4v) is 6.50. The van der Waals surface area contributed by atoms with E-state index in [1.165, 1.54) is 23.1 Å². The zero-order valence-electron chi connectivity index (χ0n) is 25.1. The van der Waals surface area contributed by atoms with E-state index >= 15 is 0 Å². The summed E-state index contributed by atoms with van der Waals surface area (Å²) < 4.78 is 43.0. The fourth-order valence-electron chi connectivity index (χ4n) is 4.71. The van der Waals surface area contributed by atoms with Crippen molar-refractivity contribution >= 4 is 50.7 Å². The average molecular weight is 671 g/mol. The van der Waals surface area contributed by atoms with Crippen LogP contribution >= 0.6 is 23.2 Å². The number of hydrogen-bond acceptors (Lipinski definition) is 4. The van der Waals surface area contributed by atoms with Crippen LogP contribution < -0.4 is 9.62 Å². The Bertz CT molecular complexity index is 1750. The van der Waals surface area contributed by atoms with Crippen molar-refractivity contribution in [3.63, 3.8) is 0 Å². The Balaban J connectivity index is 1.84. The number of nitrogens with one attached hydrogen (secondary N) is 1. The van der Waals surface area contributed by atoms with Gasteiger partial charge >= 0.3 is 0 Å². The first-order valence-electron chi connectivity index (χ1n) is 14.2. The van der Waals surface area contributed by atoms with Gasteiger partial charge < -0.3 is 10.2 Å². The molecule has 11 heteroatoms. The minimum atomic E-state index is -4.35. The standard InChI is InChI=1S/C34H34Cl2FN3O4S/c1-34(2,3)38-33(42)31(20-24-12-6-4-7-13-24)39(22-25-14-10-11-17-28(25)35)32(41)23-40(26-18-19-30(37)29(36)21-26)45(43,44)27-15-8-5-9-16-27/h4-19,21,31H,20,22-23H2,1-3H3,(H,38,42)/t31-/m0/s1. The summed E-state index contributed by atoms with van der Waals surface area (Å²) in [6.45, 7) is 4.69. The average Bonchev–Trinajstić information content (AvgIpc) is 3.00. The Morgan fingerprint density at radius 3 is 2.04 bits per heavy atom. The van der Waals surface area contributed by atoms with E-state index in [9.17, 15) is 22.4 Å². The lowest BCUT2D eigenvalue weighted by Gasteiger charge is -2.35. The van der Waals surface area contributed by atoms with Gasteiger partial charge in [-0.3, -0.25) is 13.9 Å². The number of hydrogen-bond donors (Lipinski definition) is 1. The Hall–Kier alpha value is -3.92. The van der Waals surface area contributed by atoms with Gasteiger partial charge in [-0.15, -0.1) is 0 Å². The third-order valence-electron chi connectivity index (χ3n) is 6.87. The van der Waals surface area contributed by atoms with E-state index in [1.54, 1.807) is 42.5 Å². The third-order valence-corrected chi connectivity index (χ3v) is 9.32. The van der Waals surface area contributed by atoms with Crippen LogP contribution in [0.15, 0.2) is 108 Å². The van der Waals surface area contributed by atoms with Gasteiger partial charge in [-0.05, 0) is 68.3 Å². The van der Waals surface area contributed by atoms with Gasteiger partial charge in [-0.25, -0.2) is 12.8 Å². The normalized spacial score (nSPS) is 12.3. The van der Waals surface area contributed by atoms with Crippen molar-refractivity contribution in [2.45, 2.75) is 50.2 Å². The molecule has 1 atom stereocenters. The van der Waals surface area contributed by atoms with Crippen LogP contribution in [0.5, 0.6) is 0 Å². The van der Waals surface area contributed by atoms with E-state index in [4.69, 9.17) is 23.2 Å². The molecule has 2 amide bonds. The molecule has 4 aromatic carbocycles. The molecule has 0 saturated carbocycles. The molecule has 0 bridgehead atoms. The lowest BCUT2D eigenvalue weighted by Crippen LogP contribution is -2.56. The highest BCUT2D eigenvalue weighted by Crippen LogP contribution is 2.29. The second kappa shape index (κ2) is 14.5. The molecule has 4 aromatic rings. The van der Waals surface area contributed by atoms with Gasteiger partial charge in [0.1, 0.15) is 18.4 Å². The second-order valence-electron chi connectivity index (χ2n) is 11.5. The molecule has 0 aliphatic rings. The number of carbonyl (C=O) groups excluding carboxylic acids is 2. The molecule has 1 N–H and O–H groups in total. The first-order chi connectivity index (χ1) is 21.3. The Morgan fingerprint density at radius 1 is 0.844 bits per heavy atom. The third kappa shape index (κ3) is 8.84. The van der Waals surface area contributed by atoms with Gasteiger partial charge in [0.15, 0.2) is 0 Å². The molecule has 0 fully saturated rings.